The normalized spacial score (nSPS) is 23.7. The van der Waals surface area contributed by atoms with E-state index in [0.717, 1.165) is 31.3 Å². The summed E-state index contributed by atoms with van der Waals surface area (Å²) in [4.78, 5) is 0.424. The zero-order valence-electron chi connectivity index (χ0n) is 10.8. The van der Waals surface area contributed by atoms with E-state index in [2.05, 4.69) is 20.7 Å². The Hall–Kier alpha value is -0.360. The van der Waals surface area contributed by atoms with Crippen molar-refractivity contribution in [3.8, 4) is 0 Å². The molecule has 1 aliphatic carbocycles. The molecule has 0 aromatic heterocycles. The molecule has 2 aliphatic rings. The number of benzene rings is 1. The molecule has 1 fully saturated rings. The Morgan fingerprint density at radius 2 is 1.80 bits per heavy atom. The van der Waals surface area contributed by atoms with Gasteiger partial charge in [-0.2, -0.15) is 0 Å². The fraction of sp³-hybridized carbons (Fsp3) is 0.429. The average Bonchev–Trinajstić information content (AvgIpc) is 2.93. The van der Waals surface area contributed by atoms with Gasteiger partial charge in [-0.05, 0) is 36.1 Å². The van der Waals surface area contributed by atoms with Crippen LogP contribution >= 0.6 is 27.5 Å². The van der Waals surface area contributed by atoms with Crippen molar-refractivity contribution in [3.63, 3.8) is 0 Å². The van der Waals surface area contributed by atoms with Crippen molar-refractivity contribution >= 4 is 42.5 Å². The number of sulfonamides is 1. The van der Waals surface area contributed by atoms with Gasteiger partial charge in [0.05, 0.1) is 10.4 Å². The van der Waals surface area contributed by atoms with Gasteiger partial charge in [0, 0.05) is 10.4 Å². The van der Waals surface area contributed by atoms with E-state index in [0.29, 0.717) is 20.8 Å². The lowest BCUT2D eigenvalue weighted by atomic mass is 9.89. The number of halogens is 2. The van der Waals surface area contributed by atoms with Crippen molar-refractivity contribution in [2.24, 2.45) is 0 Å². The minimum absolute atomic E-state index is 0.378. The zero-order chi connectivity index (χ0) is 14.4. The summed E-state index contributed by atoms with van der Waals surface area (Å²) in [6, 6.07) is 7.00. The Labute approximate surface area is 132 Å². The van der Waals surface area contributed by atoms with E-state index < -0.39 is 10.0 Å². The van der Waals surface area contributed by atoms with Gasteiger partial charge < -0.3 is 0 Å². The highest BCUT2D eigenvalue weighted by Gasteiger charge is 2.49. The molecule has 1 heterocycles. The number of rotatable bonds is 2. The molecule has 0 amide bonds. The molecular formula is C14H15BrClNO2S. The average molecular weight is 377 g/mol. The van der Waals surface area contributed by atoms with Gasteiger partial charge in [-0.1, -0.05) is 52.5 Å². The second-order valence-corrected chi connectivity index (χ2v) is 7.96. The van der Waals surface area contributed by atoms with E-state index in [4.69, 9.17) is 11.6 Å². The largest absolute Gasteiger partial charge is 0.242 e. The summed E-state index contributed by atoms with van der Waals surface area (Å²) in [6.45, 7) is 0. The van der Waals surface area contributed by atoms with Crippen LogP contribution in [-0.4, -0.2) is 19.3 Å². The molecule has 0 radical (unpaired) electrons. The molecule has 1 spiro atoms. The van der Waals surface area contributed by atoms with Gasteiger partial charge >= 0.3 is 0 Å². The highest BCUT2D eigenvalue weighted by molar-refractivity contribution is 9.09. The summed E-state index contributed by atoms with van der Waals surface area (Å²) in [5.74, 6) is 0. The van der Waals surface area contributed by atoms with Gasteiger partial charge in [0.1, 0.15) is 0 Å². The third kappa shape index (κ3) is 2.25. The number of hydrogen-bond donors (Lipinski definition) is 1. The topological polar surface area (TPSA) is 46.2 Å². The van der Waals surface area contributed by atoms with Gasteiger partial charge in [-0.25, -0.2) is 13.1 Å². The quantitative estimate of drug-likeness (QED) is 0.800. The Morgan fingerprint density at radius 3 is 2.35 bits per heavy atom. The molecule has 20 heavy (non-hydrogen) atoms. The molecule has 0 saturated heterocycles. The van der Waals surface area contributed by atoms with Crippen LogP contribution in [0.3, 0.4) is 0 Å². The maximum Gasteiger partial charge on any atom is 0.242 e. The van der Waals surface area contributed by atoms with Gasteiger partial charge in [0.25, 0.3) is 0 Å². The third-order valence-electron chi connectivity index (χ3n) is 4.15. The van der Waals surface area contributed by atoms with Crippen molar-refractivity contribution < 1.29 is 8.42 Å². The van der Waals surface area contributed by atoms with Crippen LogP contribution in [-0.2, 0) is 10.0 Å². The van der Waals surface area contributed by atoms with Crippen molar-refractivity contribution in [1.29, 1.82) is 0 Å². The van der Waals surface area contributed by atoms with Gasteiger partial charge in [-0.3, -0.25) is 0 Å². The van der Waals surface area contributed by atoms with Gasteiger partial charge in [0.15, 0.2) is 0 Å². The highest BCUT2D eigenvalue weighted by Crippen LogP contribution is 2.47. The molecule has 1 aliphatic heterocycles. The number of alkyl halides is 1. The summed E-state index contributed by atoms with van der Waals surface area (Å²) < 4.78 is 28.0. The molecular weight excluding hydrogens is 362 g/mol. The van der Waals surface area contributed by atoms with Crippen LogP contribution < -0.4 is 4.72 Å². The molecule has 108 valence electrons. The second kappa shape index (κ2) is 5.13. The van der Waals surface area contributed by atoms with Crippen molar-refractivity contribution in [1.82, 2.24) is 4.72 Å². The maximum absolute atomic E-state index is 12.6. The third-order valence-corrected chi connectivity index (χ3v) is 6.64. The lowest BCUT2D eigenvalue weighted by Crippen LogP contribution is -2.42. The molecule has 1 aromatic rings. The van der Waals surface area contributed by atoms with E-state index in [-0.39, 0.29) is 5.54 Å². The minimum atomic E-state index is -3.45. The summed E-state index contributed by atoms with van der Waals surface area (Å²) in [6.07, 6.45) is 3.88. The summed E-state index contributed by atoms with van der Waals surface area (Å²) >= 11 is 9.37. The first kappa shape index (κ1) is 14.6. The Bertz CT molecular complexity index is 661. The first-order chi connectivity index (χ1) is 9.48. The Kier molecular flexibility index (Phi) is 3.73. The first-order valence-electron chi connectivity index (χ1n) is 6.58. The molecule has 1 aromatic carbocycles. The van der Waals surface area contributed by atoms with Crippen molar-refractivity contribution in [2.75, 3.05) is 5.33 Å². The Morgan fingerprint density at radius 1 is 1.20 bits per heavy atom. The maximum atomic E-state index is 12.6. The molecule has 0 unspecified atom stereocenters. The zero-order valence-corrected chi connectivity index (χ0v) is 14.0. The van der Waals surface area contributed by atoms with Gasteiger partial charge in [0.2, 0.25) is 10.0 Å². The minimum Gasteiger partial charge on any atom is -0.207 e. The van der Waals surface area contributed by atoms with Crippen LogP contribution in [0.2, 0.25) is 5.02 Å². The summed E-state index contributed by atoms with van der Waals surface area (Å²) in [5.41, 5.74) is 1.29. The van der Waals surface area contributed by atoms with Gasteiger partial charge in [-0.15, -0.1) is 0 Å². The molecule has 0 atom stereocenters. The smallest absolute Gasteiger partial charge is 0.207 e. The monoisotopic (exact) mass is 375 g/mol. The predicted molar refractivity (Wildman–Crippen MR) is 85.4 cm³/mol. The van der Waals surface area contributed by atoms with E-state index in [1.54, 1.807) is 24.3 Å². The molecule has 6 heteroatoms. The van der Waals surface area contributed by atoms with E-state index >= 15 is 0 Å². The van der Waals surface area contributed by atoms with Crippen LogP contribution in [0.25, 0.3) is 4.91 Å². The van der Waals surface area contributed by atoms with E-state index in [1.807, 2.05) is 0 Å². The van der Waals surface area contributed by atoms with Crippen LogP contribution in [0.15, 0.2) is 29.8 Å². The molecule has 1 saturated carbocycles. The fourth-order valence-corrected chi connectivity index (χ4v) is 6.36. The lowest BCUT2D eigenvalue weighted by molar-refractivity contribution is 0.471. The molecule has 3 rings (SSSR count). The summed E-state index contributed by atoms with van der Waals surface area (Å²) in [7, 11) is -3.45. The van der Waals surface area contributed by atoms with E-state index in [1.165, 1.54) is 0 Å². The molecule has 1 N–H and O–H groups in total. The lowest BCUT2D eigenvalue weighted by Gasteiger charge is -2.25. The molecule has 3 nitrogen and oxygen atoms in total. The fourth-order valence-electron chi connectivity index (χ4n) is 3.25. The Balaban J connectivity index is 2.20. The number of nitrogens with one attached hydrogen (secondary N) is 1. The number of hydrogen-bond acceptors (Lipinski definition) is 2. The SMILES string of the molecule is O=S1(=O)NC2(CCCC2)C(CBr)=C1c1ccc(Cl)cc1. The second-order valence-electron chi connectivity index (χ2n) is 5.34. The standard InChI is InChI=1S/C14H15BrClNO2S/c15-9-12-13(10-3-5-11(16)6-4-10)20(18,19)17-14(12)7-1-2-8-14/h3-6,17H,1-2,7-9H2. The van der Waals surface area contributed by atoms with Crippen molar-refractivity contribution in [2.45, 2.75) is 31.2 Å². The predicted octanol–water partition coefficient (Wildman–Crippen LogP) is 3.69. The first-order valence-corrected chi connectivity index (χ1v) is 9.56. The molecule has 0 bridgehead atoms. The van der Waals surface area contributed by atoms with Crippen LogP contribution in [0.1, 0.15) is 31.2 Å². The highest BCUT2D eigenvalue weighted by atomic mass is 79.9. The van der Waals surface area contributed by atoms with Crippen molar-refractivity contribution in [3.05, 3.63) is 40.4 Å². The van der Waals surface area contributed by atoms with Crippen LogP contribution in [0.5, 0.6) is 0 Å². The van der Waals surface area contributed by atoms with E-state index in [9.17, 15) is 8.42 Å². The van der Waals surface area contributed by atoms with Crippen LogP contribution in [0.4, 0.5) is 0 Å². The van der Waals surface area contributed by atoms with Crippen LogP contribution in [0, 0.1) is 0 Å². The summed E-state index contributed by atoms with van der Waals surface area (Å²) in [5, 5.41) is 1.17.